The Morgan fingerprint density at radius 2 is 1.84 bits per heavy atom. The van der Waals surface area contributed by atoms with Crippen molar-refractivity contribution >= 4 is 15.5 Å². The molecule has 0 aromatic heterocycles. The summed E-state index contributed by atoms with van der Waals surface area (Å²) in [6, 6.07) is 6.55. The first-order chi connectivity index (χ1) is 8.66. The summed E-state index contributed by atoms with van der Waals surface area (Å²) in [4.78, 5) is 0.298. The largest absolute Gasteiger partial charge is 0.388 e. The summed E-state index contributed by atoms with van der Waals surface area (Å²) >= 11 is 0. The maximum Gasteiger partial charge on any atom is 0.175 e. The molecule has 0 aliphatic carbocycles. The average molecular weight is 285 g/mol. The smallest absolute Gasteiger partial charge is 0.175 e. The number of aliphatic hydroxyl groups is 1. The maximum atomic E-state index is 11.3. The van der Waals surface area contributed by atoms with Crippen LogP contribution in [-0.2, 0) is 9.84 Å². The lowest BCUT2D eigenvalue weighted by Crippen LogP contribution is -2.39. The number of rotatable bonds is 6. The van der Waals surface area contributed by atoms with Crippen molar-refractivity contribution < 1.29 is 13.5 Å². The summed E-state index contributed by atoms with van der Waals surface area (Å²) in [6.07, 6.45) is 2.09. The van der Waals surface area contributed by atoms with E-state index in [1.165, 1.54) is 6.26 Å². The molecule has 0 aliphatic rings. The van der Waals surface area contributed by atoms with Gasteiger partial charge in [-0.15, -0.1) is 0 Å². The molecule has 1 aromatic carbocycles. The van der Waals surface area contributed by atoms with Gasteiger partial charge in [0.05, 0.1) is 10.5 Å². The molecule has 0 bridgehead atoms. The second kappa shape index (κ2) is 5.92. The van der Waals surface area contributed by atoms with Crippen molar-refractivity contribution in [3.05, 3.63) is 24.3 Å². The zero-order valence-electron chi connectivity index (χ0n) is 12.0. The first-order valence-electron chi connectivity index (χ1n) is 6.43. The van der Waals surface area contributed by atoms with Gasteiger partial charge in [0.15, 0.2) is 9.84 Å². The number of hydrogen-bond donors (Lipinski definition) is 2. The first kappa shape index (κ1) is 16.0. The molecule has 0 saturated carbocycles. The SMILES string of the molecule is CC[C@@H](C)[C@](C)(O)CNc1ccc(S(C)(=O)=O)cc1. The number of anilines is 1. The van der Waals surface area contributed by atoms with E-state index in [1.54, 1.807) is 31.2 Å². The molecule has 0 unspecified atom stereocenters. The molecule has 0 fully saturated rings. The van der Waals surface area contributed by atoms with Crippen LogP contribution in [0.2, 0.25) is 0 Å². The van der Waals surface area contributed by atoms with Gasteiger partial charge in [0.2, 0.25) is 0 Å². The molecule has 0 spiro atoms. The molecule has 0 saturated heterocycles. The van der Waals surface area contributed by atoms with E-state index in [4.69, 9.17) is 0 Å². The summed E-state index contributed by atoms with van der Waals surface area (Å²) in [6.45, 7) is 6.29. The van der Waals surface area contributed by atoms with Crippen LogP contribution in [0.5, 0.6) is 0 Å². The molecule has 2 N–H and O–H groups in total. The summed E-state index contributed by atoms with van der Waals surface area (Å²) in [5, 5.41) is 13.4. The lowest BCUT2D eigenvalue weighted by molar-refractivity contribution is 0.0176. The van der Waals surface area contributed by atoms with Crippen molar-refractivity contribution in [2.24, 2.45) is 5.92 Å². The van der Waals surface area contributed by atoms with Crippen LogP contribution in [0.3, 0.4) is 0 Å². The van der Waals surface area contributed by atoms with Gasteiger partial charge in [-0.1, -0.05) is 20.3 Å². The number of benzene rings is 1. The zero-order chi connectivity index (χ0) is 14.7. The van der Waals surface area contributed by atoms with E-state index in [0.29, 0.717) is 11.4 Å². The highest BCUT2D eigenvalue weighted by molar-refractivity contribution is 7.90. The van der Waals surface area contributed by atoms with Gasteiger partial charge < -0.3 is 10.4 Å². The van der Waals surface area contributed by atoms with Crippen molar-refractivity contribution in [2.45, 2.75) is 37.7 Å². The third-order valence-electron chi connectivity index (χ3n) is 3.61. The van der Waals surface area contributed by atoms with Crippen LogP contribution in [0, 0.1) is 5.92 Å². The van der Waals surface area contributed by atoms with Crippen LogP contribution < -0.4 is 5.32 Å². The van der Waals surface area contributed by atoms with Gasteiger partial charge >= 0.3 is 0 Å². The van der Waals surface area contributed by atoms with Gasteiger partial charge in [0, 0.05) is 18.5 Å². The Balaban J connectivity index is 2.70. The summed E-state index contributed by atoms with van der Waals surface area (Å²) < 4.78 is 22.7. The Labute approximate surface area is 115 Å². The van der Waals surface area contributed by atoms with Crippen molar-refractivity contribution in [2.75, 3.05) is 18.1 Å². The standard InChI is InChI=1S/C14H23NO3S/c1-5-11(2)14(3,16)10-15-12-6-8-13(9-7-12)19(4,17)18/h6-9,11,15-16H,5,10H2,1-4H3/t11-,14-/m1/s1. The van der Waals surface area contributed by atoms with Crippen LogP contribution >= 0.6 is 0 Å². The summed E-state index contributed by atoms with van der Waals surface area (Å²) in [5.41, 5.74) is 0.0144. The molecule has 19 heavy (non-hydrogen) atoms. The van der Waals surface area contributed by atoms with Gasteiger partial charge in [0.25, 0.3) is 0 Å². The van der Waals surface area contributed by atoms with E-state index in [0.717, 1.165) is 12.1 Å². The third-order valence-corrected chi connectivity index (χ3v) is 4.74. The molecule has 0 aliphatic heterocycles. The van der Waals surface area contributed by atoms with Crippen LogP contribution in [0.25, 0.3) is 0 Å². The monoisotopic (exact) mass is 285 g/mol. The normalized spacial score (nSPS) is 16.7. The second-order valence-corrected chi connectivity index (χ2v) is 7.33. The molecule has 0 amide bonds. The quantitative estimate of drug-likeness (QED) is 0.841. The second-order valence-electron chi connectivity index (χ2n) is 5.32. The highest BCUT2D eigenvalue weighted by Gasteiger charge is 2.26. The number of hydrogen-bond acceptors (Lipinski definition) is 4. The molecule has 0 heterocycles. The number of nitrogens with one attached hydrogen (secondary N) is 1. The lowest BCUT2D eigenvalue weighted by Gasteiger charge is -2.30. The summed E-state index contributed by atoms with van der Waals surface area (Å²) in [5.74, 6) is 0.190. The Bertz CT molecular complexity index is 506. The van der Waals surface area contributed by atoms with Crippen molar-refractivity contribution in [1.29, 1.82) is 0 Å². The molecule has 1 rings (SSSR count). The van der Waals surface area contributed by atoms with E-state index < -0.39 is 15.4 Å². The van der Waals surface area contributed by atoms with Gasteiger partial charge in [-0.05, 0) is 37.1 Å². The first-order valence-corrected chi connectivity index (χ1v) is 8.32. The Morgan fingerprint density at radius 1 is 1.32 bits per heavy atom. The fourth-order valence-electron chi connectivity index (χ4n) is 1.71. The molecule has 5 heteroatoms. The Morgan fingerprint density at radius 3 is 2.26 bits per heavy atom. The minimum Gasteiger partial charge on any atom is -0.388 e. The molecular formula is C14H23NO3S. The Hall–Kier alpha value is -1.07. The molecule has 0 radical (unpaired) electrons. The fraction of sp³-hybridized carbons (Fsp3) is 0.571. The highest BCUT2D eigenvalue weighted by atomic mass is 32.2. The van der Waals surface area contributed by atoms with Crippen LogP contribution in [0.1, 0.15) is 27.2 Å². The minimum absolute atomic E-state index is 0.190. The van der Waals surface area contributed by atoms with Crippen LogP contribution in [0.4, 0.5) is 5.69 Å². The van der Waals surface area contributed by atoms with Gasteiger partial charge in [-0.2, -0.15) is 0 Å². The van der Waals surface area contributed by atoms with Crippen molar-refractivity contribution in [3.8, 4) is 0 Å². The van der Waals surface area contributed by atoms with E-state index in [-0.39, 0.29) is 5.92 Å². The highest BCUT2D eigenvalue weighted by Crippen LogP contribution is 2.21. The van der Waals surface area contributed by atoms with Crippen molar-refractivity contribution in [3.63, 3.8) is 0 Å². The van der Waals surface area contributed by atoms with E-state index in [9.17, 15) is 13.5 Å². The average Bonchev–Trinajstić information content (AvgIpc) is 2.35. The molecule has 108 valence electrons. The van der Waals surface area contributed by atoms with Gasteiger partial charge in [0.1, 0.15) is 0 Å². The number of sulfone groups is 1. The molecule has 1 aromatic rings. The van der Waals surface area contributed by atoms with E-state index in [1.807, 2.05) is 13.8 Å². The fourth-order valence-corrected chi connectivity index (χ4v) is 2.35. The zero-order valence-corrected chi connectivity index (χ0v) is 12.8. The molecule has 2 atom stereocenters. The van der Waals surface area contributed by atoms with E-state index >= 15 is 0 Å². The molecular weight excluding hydrogens is 262 g/mol. The van der Waals surface area contributed by atoms with E-state index in [2.05, 4.69) is 5.32 Å². The van der Waals surface area contributed by atoms with Crippen LogP contribution in [0.15, 0.2) is 29.2 Å². The van der Waals surface area contributed by atoms with Gasteiger partial charge in [-0.3, -0.25) is 0 Å². The Kier molecular flexibility index (Phi) is 4.98. The predicted octanol–water partition coefficient (Wildman–Crippen LogP) is 2.30. The van der Waals surface area contributed by atoms with Crippen LogP contribution in [-0.4, -0.2) is 31.9 Å². The lowest BCUT2D eigenvalue weighted by atomic mass is 9.88. The topological polar surface area (TPSA) is 66.4 Å². The molecule has 4 nitrogen and oxygen atoms in total. The predicted molar refractivity (Wildman–Crippen MR) is 78.1 cm³/mol. The van der Waals surface area contributed by atoms with Crippen molar-refractivity contribution in [1.82, 2.24) is 0 Å². The van der Waals surface area contributed by atoms with Gasteiger partial charge in [-0.25, -0.2) is 8.42 Å². The maximum absolute atomic E-state index is 11.3. The third kappa shape index (κ3) is 4.51. The minimum atomic E-state index is -3.16. The summed E-state index contributed by atoms with van der Waals surface area (Å²) in [7, 11) is -3.16.